The van der Waals surface area contributed by atoms with E-state index in [1.165, 1.54) is 0 Å². The van der Waals surface area contributed by atoms with Gasteiger partial charge >= 0.3 is 0 Å². The zero-order valence-electron chi connectivity index (χ0n) is 6.64. The molecule has 1 aliphatic rings. The minimum atomic E-state index is -1.21. The van der Waals surface area contributed by atoms with E-state index >= 15 is 0 Å². The summed E-state index contributed by atoms with van der Waals surface area (Å²) in [6, 6.07) is 0. The Morgan fingerprint density at radius 3 is 3.25 bits per heavy atom. The fraction of sp³-hybridized carbons (Fsp3) is 1.00. The van der Waals surface area contributed by atoms with Crippen LogP contribution in [0.2, 0.25) is 0 Å². The van der Waals surface area contributed by atoms with Crippen LogP contribution in [-0.4, -0.2) is 26.3 Å². The molecule has 1 heterocycles. The number of ether oxygens (including phenoxy) is 1. The van der Waals surface area contributed by atoms with Crippen LogP contribution in [0.1, 0.15) is 9.16 Å². The second-order valence-electron chi connectivity index (χ2n) is 1.47. The molecule has 0 unspecified atom stereocenters. The van der Waals surface area contributed by atoms with E-state index in [1.54, 1.807) is 0 Å². The van der Waals surface area contributed by atoms with Crippen molar-refractivity contribution in [2.45, 2.75) is 6.42 Å². The Bertz CT molecular complexity index is 91.6. The predicted octanol–water partition coefficient (Wildman–Crippen LogP) is 0.418. The summed E-state index contributed by atoms with van der Waals surface area (Å²) in [5.41, 5.74) is 0. The number of halogens is 1. The van der Waals surface area contributed by atoms with E-state index in [2.05, 4.69) is 5.32 Å². The van der Waals surface area contributed by atoms with Gasteiger partial charge in [0.15, 0.2) is 0 Å². The maximum atomic E-state index is 7.24. The maximum absolute atomic E-state index is 7.24. The minimum absolute atomic E-state index is 0. The molecule has 0 aromatic rings. The summed E-state index contributed by atoms with van der Waals surface area (Å²) >= 11 is 0. The molecule has 0 radical (unpaired) electrons. The molecule has 8 heavy (non-hydrogen) atoms. The molecule has 0 spiro atoms. The number of nitrogens with one attached hydrogen (secondary N) is 1. The molecule has 1 aliphatic heterocycles. The summed E-state index contributed by atoms with van der Waals surface area (Å²) in [7, 11) is 0. The van der Waals surface area contributed by atoms with Crippen molar-refractivity contribution in [1.29, 1.82) is 0 Å². The molecular formula is C5H12ClNO. The van der Waals surface area contributed by atoms with Gasteiger partial charge in [0.05, 0.1) is 6.61 Å². The molecule has 3 heteroatoms. The first-order valence-electron chi connectivity index (χ1n) is 3.53. The van der Waals surface area contributed by atoms with E-state index in [0.717, 1.165) is 0 Å². The van der Waals surface area contributed by atoms with E-state index in [1.807, 2.05) is 0 Å². The van der Waals surface area contributed by atoms with Gasteiger partial charge in [-0.05, 0) is 12.9 Å². The minimum Gasteiger partial charge on any atom is -0.380 e. The topological polar surface area (TPSA) is 21.3 Å². The molecule has 1 fully saturated rings. The van der Waals surface area contributed by atoms with E-state index in [4.69, 9.17) is 7.48 Å². The van der Waals surface area contributed by atoms with Gasteiger partial charge in [0.25, 0.3) is 0 Å². The second kappa shape index (κ2) is 5.35. The summed E-state index contributed by atoms with van der Waals surface area (Å²) in [4.78, 5) is 0. The van der Waals surface area contributed by atoms with Crippen LogP contribution in [0.15, 0.2) is 0 Å². The van der Waals surface area contributed by atoms with Crippen LogP contribution < -0.4 is 5.32 Å². The second-order valence-corrected chi connectivity index (χ2v) is 1.47. The van der Waals surface area contributed by atoms with Crippen LogP contribution in [0.25, 0.3) is 0 Å². The molecule has 0 aromatic carbocycles. The molecule has 50 valence electrons. The molecule has 1 rings (SSSR count). The highest BCUT2D eigenvalue weighted by Gasteiger charge is 1.93. The van der Waals surface area contributed by atoms with Crippen LogP contribution in [0.4, 0.5) is 0 Å². The van der Waals surface area contributed by atoms with Crippen molar-refractivity contribution < 1.29 is 7.48 Å². The summed E-state index contributed by atoms with van der Waals surface area (Å²) < 4.78 is 19.5. The lowest BCUT2D eigenvalue weighted by Gasteiger charge is -1.91. The highest BCUT2D eigenvalue weighted by molar-refractivity contribution is 5.85. The van der Waals surface area contributed by atoms with E-state index in [9.17, 15) is 0 Å². The van der Waals surface area contributed by atoms with Gasteiger partial charge in [0.1, 0.15) is 0 Å². The average Bonchev–Trinajstić information content (AvgIpc) is 1.92. The molecular weight excluding hydrogens is 126 g/mol. The predicted molar refractivity (Wildman–Crippen MR) is 35.6 cm³/mol. The van der Waals surface area contributed by atoms with Crippen molar-refractivity contribution in [2.24, 2.45) is 0 Å². The van der Waals surface area contributed by atoms with Crippen molar-refractivity contribution in [3.8, 4) is 0 Å². The maximum Gasteiger partial charge on any atom is 0.0590 e. The molecule has 1 saturated heterocycles. The molecule has 0 aliphatic carbocycles. The standard InChI is InChI=1S/C5H11NO.ClH/c1-2-6-3-5-7-4-1;/h6H,1-5H2;1H/i2D2;. The molecule has 0 bridgehead atoms. The highest BCUT2D eigenvalue weighted by Crippen LogP contribution is 1.83. The van der Waals surface area contributed by atoms with Gasteiger partial charge in [0, 0.05) is 15.9 Å². The van der Waals surface area contributed by atoms with Crippen LogP contribution >= 0.6 is 12.4 Å². The van der Waals surface area contributed by atoms with Crippen molar-refractivity contribution >= 4 is 12.4 Å². The van der Waals surface area contributed by atoms with Crippen LogP contribution in [-0.2, 0) is 4.74 Å². The van der Waals surface area contributed by atoms with Crippen molar-refractivity contribution in [1.82, 2.24) is 5.32 Å². The van der Waals surface area contributed by atoms with Gasteiger partial charge in [-0.1, -0.05) is 0 Å². The monoisotopic (exact) mass is 139 g/mol. The van der Waals surface area contributed by atoms with Gasteiger partial charge in [-0.2, -0.15) is 0 Å². The highest BCUT2D eigenvalue weighted by atomic mass is 35.5. The SMILES string of the molecule is Cl.[2H]C1([2H])CCOCCN1. The third kappa shape index (κ3) is 3.24. The summed E-state index contributed by atoms with van der Waals surface area (Å²) in [5.74, 6) is 0. The molecule has 0 saturated carbocycles. The Balaban J connectivity index is 0.000000810. The van der Waals surface area contributed by atoms with E-state index in [-0.39, 0.29) is 12.4 Å². The third-order valence-corrected chi connectivity index (χ3v) is 0.868. The van der Waals surface area contributed by atoms with Crippen molar-refractivity contribution in [3.63, 3.8) is 0 Å². The average molecular weight is 140 g/mol. The fourth-order valence-electron chi connectivity index (χ4n) is 0.525. The number of hydrogen-bond acceptors (Lipinski definition) is 2. The summed E-state index contributed by atoms with van der Waals surface area (Å²) in [6.45, 7) is 0.559. The Kier molecular flexibility index (Phi) is 3.36. The lowest BCUT2D eigenvalue weighted by Crippen LogP contribution is -2.15. The molecule has 1 N–H and O–H groups in total. The first kappa shape index (κ1) is 5.03. The zero-order valence-corrected chi connectivity index (χ0v) is 5.46. The molecule has 2 nitrogen and oxygen atoms in total. The van der Waals surface area contributed by atoms with Gasteiger partial charge in [-0.15, -0.1) is 12.4 Å². The lowest BCUT2D eigenvalue weighted by molar-refractivity contribution is 0.151. The number of hydrogen-bond donors (Lipinski definition) is 1. The van der Waals surface area contributed by atoms with Crippen LogP contribution in [0.3, 0.4) is 0 Å². The van der Waals surface area contributed by atoms with Crippen LogP contribution in [0, 0.1) is 0 Å². The lowest BCUT2D eigenvalue weighted by atomic mass is 10.5. The van der Waals surface area contributed by atoms with Gasteiger partial charge < -0.3 is 10.1 Å². The van der Waals surface area contributed by atoms with E-state index < -0.39 is 6.50 Å². The van der Waals surface area contributed by atoms with Crippen molar-refractivity contribution in [3.05, 3.63) is 0 Å². The molecule has 0 atom stereocenters. The zero-order chi connectivity index (χ0) is 6.74. The van der Waals surface area contributed by atoms with Gasteiger partial charge in [-0.3, -0.25) is 0 Å². The van der Waals surface area contributed by atoms with Crippen LogP contribution in [0.5, 0.6) is 0 Å². The van der Waals surface area contributed by atoms with Gasteiger partial charge in [-0.25, -0.2) is 0 Å². The van der Waals surface area contributed by atoms with E-state index in [0.29, 0.717) is 26.2 Å². The largest absolute Gasteiger partial charge is 0.380 e. The van der Waals surface area contributed by atoms with Crippen molar-refractivity contribution in [2.75, 3.05) is 26.3 Å². The Morgan fingerprint density at radius 1 is 1.50 bits per heavy atom. The first-order chi connectivity index (χ1) is 4.21. The smallest absolute Gasteiger partial charge is 0.0590 e. The molecule has 0 amide bonds. The first-order valence-corrected chi connectivity index (χ1v) is 2.53. The Morgan fingerprint density at radius 2 is 2.38 bits per heavy atom. The number of rotatable bonds is 0. The van der Waals surface area contributed by atoms with Gasteiger partial charge in [0.2, 0.25) is 0 Å². The normalized spacial score (nSPS) is 31.0. The molecule has 0 aromatic heterocycles. The third-order valence-electron chi connectivity index (χ3n) is 0.868. The quantitative estimate of drug-likeness (QED) is 0.525. The summed E-state index contributed by atoms with van der Waals surface area (Å²) in [6.07, 6.45) is 0.451. The summed E-state index contributed by atoms with van der Waals surface area (Å²) in [5, 5.41) is 2.73. The Hall–Kier alpha value is 0.210. The fourth-order valence-corrected chi connectivity index (χ4v) is 0.525. The Labute approximate surface area is 58.8 Å².